The van der Waals surface area contributed by atoms with Gasteiger partial charge in [-0.3, -0.25) is 13.9 Å². The third-order valence-corrected chi connectivity index (χ3v) is 8.16. The van der Waals surface area contributed by atoms with Gasteiger partial charge in [0.05, 0.1) is 24.8 Å². The fraction of sp³-hybridized carbons (Fsp3) is 0.310. The second kappa shape index (κ2) is 13.1. The third kappa shape index (κ3) is 6.88. The minimum atomic E-state index is -4.23. The first-order valence-corrected chi connectivity index (χ1v) is 14.0. The predicted octanol–water partition coefficient (Wildman–Crippen LogP) is 3.76. The maximum absolute atomic E-state index is 14.0. The number of methoxy groups -OCH3 is 2. The lowest BCUT2D eigenvalue weighted by Gasteiger charge is -2.32. The van der Waals surface area contributed by atoms with Crippen molar-refractivity contribution in [3.63, 3.8) is 0 Å². The largest absolute Gasteiger partial charge is 0.497 e. The molecule has 208 valence electrons. The molecule has 39 heavy (non-hydrogen) atoms. The first-order chi connectivity index (χ1) is 18.6. The van der Waals surface area contributed by atoms with Crippen LogP contribution < -0.4 is 19.1 Å². The van der Waals surface area contributed by atoms with Crippen molar-refractivity contribution in [3.05, 3.63) is 83.9 Å². The number of amides is 2. The van der Waals surface area contributed by atoms with Crippen molar-refractivity contribution in [3.8, 4) is 11.5 Å². The molecule has 3 rings (SSSR count). The Morgan fingerprint density at radius 1 is 0.949 bits per heavy atom. The van der Waals surface area contributed by atoms with E-state index in [9.17, 15) is 18.0 Å². The van der Waals surface area contributed by atoms with Gasteiger partial charge in [-0.05, 0) is 56.2 Å². The molecule has 0 aliphatic carbocycles. The monoisotopic (exact) mass is 553 g/mol. The molecule has 0 aromatic heterocycles. The number of benzene rings is 3. The van der Waals surface area contributed by atoms with Crippen LogP contribution in [0, 0.1) is 6.92 Å². The van der Waals surface area contributed by atoms with E-state index in [0.717, 1.165) is 15.4 Å². The smallest absolute Gasteiger partial charge is 0.264 e. The number of carbonyl (C=O) groups excluding carboxylic acids is 2. The average molecular weight is 554 g/mol. The zero-order valence-corrected chi connectivity index (χ0v) is 23.7. The van der Waals surface area contributed by atoms with Gasteiger partial charge in [0.2, 0.25) is 11.8 Å². The van der Waals surface area contributed by atoms with E-state index in [4.69, 9.17) is 9.47 Å². The van der Waals surface area contributed by atoms with E-state index in [1.165, 1.54) is 37.3 Å². The summed E-state index contributed by atoms with van der Waals surface area (Å²) in [6, 6.07) is 19.3. The number of ether oxygens (including phenoxy) is 2. The number of hydrogen-bond acceptors (Lipinski definition) is 6. The Morgan fingerprint density at radius 3 is 2.23 bits per heavy atom. The van der Waals surface area contributed by atoms with E-state index in [0.29, 0.717) is 12.3 Å². The van der Waals surface area contributed by atoms with E-state index in [1.54, 1.807) is 44.2 Å². The van der Waals surface area contributed by atoms with Gasteiger partial charge in [0.15, 0.2) is 0 Å². The van der Waals surface area contributed by atoms with Gasteiger partial charge in [-0.1, -0.05) is 42.5 Å². The second-order valence-electron chi connectivity index (χ2n) is 8.88. The van der Waals surface area contributed by atoms with E-state index < -0.39 is 28.5 Å². The van der Waals surface area contributed by atoms with Gasteiger partial charge in [-0.15, -0.1) is 0 Å². The van der Waals surface area contributed by atoms with Crippen molar-refractivity contribution in [2.24, 2.45) is 0 Å². The van der Waals surface area contributed by atoms with Crippen LogP contribution in [0.4, 0.5) is 5.69 Å². The number of rotatable bonds is 12. The SMILES string of the molecule is CCNC(=O)[C@H](C)N(Cc1ccccc1C)C(=O)CN(c1cc(OC)ccc1OC)S(=O)(=O)c1ccccc1. The lowest BCUT2D eigenvalue weighted by molar-refractivity contribution is -0.139. The molecule has 0 fully saturated rings. The lowest BCUT2D eigenvalue weighted by Crippen LogP contribution is -2.51. The molecular formula is C29H35N3O6S. The van der Waals surface area contributed by atoms with Crippen molar-refractivity contribution in [1.29, 1.82) is 0 Å². The van der Waals surface area contributed by atoms with E-state index in [1.807, 2.05) is 31.2 Å². The second-order valence-corrected chi connectivity index (χ2v) is 10.7. The highest BCUT2D eigenvalue weighted by molar-refractivity contribution is 7.92. The van der Waals surface area contributed by atoms with Crippen LogP contribution >= 0.6 is 0 Å². The maximum Gasteiger partial charge on any atom is 0.264 e. The number of nitrogens with one attached hydrogen (secondary N) is 1. The molecule has 3 aromatic rings. The highest BCUT2D eigenvalue weighted by Crippen LogP contribution is 2.36. The van der Waals surface area contributed by atoms with Crippen LogP contribution in [-0.4, -0.2) is 58.5 Å². The number of sulfonamides is 1. The molecule has 0 saturated carbocycles. The van der Waals surface area contributed by atoms with Gasteiger partial charge < -0.3 is 19.7 Å². The fourth-order valence-corrected chi connectivity index (χ4v) is 5.54. The van der Waals surface area contributed by atoms with Gasteiger partial charge >= 0.3 is 0 Å². The van der Waals surface area contributed by atoms with E-state index in [-0.39, 0.29) is 28.8 Å². The maximum atomic E-state index is 14.0. The number of nitrogens with zero attached hydrogens (tertiary/aromatic N) is 2. The molecule has 1 N–H and O–H groups in total. The standard InChI is InChI=1S/C29H35N3O6S/c1-6-30-29(34)22(3)31(19-23-13-11-10-12-21(23)2)28(33)20-32(39(35,36)25-14-8-7-9-15-25)26-18-24(37-4)16-17-27(26)38-5/h7-18,22H,6,19-20H2,1-5H3,(H,30,34)/t22-/m0/s1. The molecular weight excluding hydrogens is 518 g/mol. The zero-order chi connectivity index (χ0) is 28.6. The summed E-state index contributed by atoms with van der Waals surface area (Å²) in [7, 11) is -1.35. The number of likely N-dealkylation sites (N-methyl/N-ethyl adjacent to an activating group) is 1. The van der Waals surface area contributed by atoms with Crippen molar-refractivity contribution < 1.29 is 27.5 Å². The Hall–Kier alpha value is -4.05. The number of aryl methyl sites for hydroxylation is 1. The minimum Gasteiger partial charge on any atom is -0.497 e. The quantitative estimate of drug-likeness (QED) is 0.366. The summed E-state index contributed by atoms with van der Waals surface area (Å²) in [5.74, 6) is -0.262. The van der Waals surface area contributed by atoms with Crippen LogP contribution in [0.2, 0.25) is 0 Å². The van der Waals surface area contributed by atoms with Crippen LogP contribution in [0.3, 0.4) is 0 Å². The molecule has 2 amide bonds. The normalized spacial score (nSPS) is 11.8. The molecule has 0 unspecified atom stereocenters. The molecule has 0 aliphatic heterocycles. The Balaban J connectivity index is 2.12. The van der Waals surface area contributed by atoms with Gasteiger partial charge in [0, 0.05) is 19.2 Å². The van der Waals surface area contributed by atoms with E-state index in [2.05, 4.69) is 5.32 Å². The van der Waals surface area contributed by atoms with Crippen molar-refractivity contribution in [1.82, 2.24) is 10.2 Å². The minimum absolute atomic E-state index is 0.00454. The molecule has 0 heterocycles. The number of hydrogen-bond donors (Lipinski definition) is 1. The molecule has 10 heteroatoms. The number of anilines is 1. The summed E-state index contributed by atoms with van der Waals surface area (Å²) in [6.45, 7) is 5.28. The summed E-state index contributed by atoms with van der Waals surface area (Å²) >= 11 is 0. The van der Waals surface area contributed by atoms with Crippen LogP contribution in [0.5, 0.6) is 11.5 Å². The predicted molar refractivity (Wildman–Crippen MR) is 150 cm³/mol. The highest BCUT2D eigenvalue weighted by atomic mass is 32.2. The summed E-state index contributed by atoms with van der Waals surface area (Å²) < 4.78 is 39.7. The van der Waals surface area contributed by atoms with Gasteiger partial charge in [-0.2, -0.15) is 0 Å². The Bertz CT molecular complexity index is 1400. The van der Waals surface area contributed by atoms with Crippen molar-refractivity contribution in [2.75, 3.05) is 31.6 Å². The van der Waals surface area contributed by atoms with Crippen molar-refractivity contribution in [2.45, 2.75) is 38.3 Å². The van der Waals surface area contributed by atoms with Crippen LogP contribution in [-0.2, 0) is 26.2 Å². The summed E-state index contributed by atoms with van der Waals surface area (Å²) in [4.78, 5) is 28.2. The van der Waals surface area contributed by atoms with Gasteiger partial charge in [-0.25, -0.2) is 8.42 Å². The molecule has 0 spiro atoms. The average Bonchev–Trinajstić information content (AvgIpc) is 2.95. The van der Waals surface area contributed by atoms with E-state index >= 15 is 0 Å². The molecule has 3 aromatic carbocycles. The highest BCUT2D eigenvalue weighted by Gasteiger charge is 2.34. The number of carbonyl (C=O) groups is 2. The summed E-state index contributed by atoms with van der Waals surface area (Å²) in [6.07, 6.45) is 0. The van der Waals surface area contributed by atoms with Crippen LogP contribution in [0.1, 0.15) is 25.0 Å². The molecule has 0 bridgehead atoms. The van der Waals surface area contributed by atoms with Crippen molar-refractivity contribution >= 4 is 27.5 Å². The van der Waals surface area contributed by atoms with Crippen LogP contribution in [0.25, 0.3) is 0 Å². The van der Waals surface area contributed by atoms with Gasteiger partial charge in [0.1, 0.15) is 24.1 Å². The topological polar surface area (TPSA) is 105 Å². The Kier molecular flexibility index (Phi) is 9.95. The molecule has 0 radical (unpaired) electrons. The van der Waals surface area contributed by atoms with Crippen LogP contribution in [0.15, 0.2) is 77.7 Å². The van der Waals surface area contributed by atoms with Gasteiger partial charge in [0.25, 0.3) is 10.0 Å². The molecule has 0 aliphatic rings. The zero-order valence-electron chi connectivity index (χ0n) is 22.9. The summed E-state index contributed by atoms with van der Waals surface area (Å²) in [5, 5.41) is 2.75. The molecule has 9 nitrogen and oxygen atoms in total. The summed E-state index contributed by atoms with van der Waals surface area (Å²) in [5.41, 5.74) is 1.93. The fourth-order valence-electron chi connectivity index (χ4n) is 4.10. The first-order valence-electron chi connectivity index (χ1n) is 12.6. The molecule has 1 atom stereocenters. The first kappa shape index (κ1) is 29.5. The lowest BCUT2D eigenvalue weighted by atomic mass is 10.1. The molecule has 0 saturated heterocycles. The Morgan fingerprint density at radius 2 is 1.62 bits per heavy atom. The third-order valence-electron chi connectivity index (χ3n) is 6.39. The Labute approximate surface area is 230 Å².